The second-order valence-corrected chi connectivity index (χ2v) is 3.51. The van der Waals surface area contributed by atoms with Gasteiger partial charge in [0.15, 0.2) is 0 Å². The van der Waals surface area contributed by atoms with E-state index in [0.29, 0.717) is 0 Å². The van der Waals surface area contributed by atoms with E-state index in [1.807, 2.05) is 31.3 Å². The number of hydrogen-bond acceptors (Lipinski definition) is 0. The van der Waals surface area contributed by atoms with Crippen LogP contribution in [0.15, 0.2) is 30.5 Å². The number of aromatic nitrogens is 1. The van der Waals surface area contributed by atoms with Crippen LogP contribution in [0.5, 0.6) is 0 Å². The van der Waals surface area contributed by atoms with Crippen LogP contribution < -0.4 is 0 Å². The Balaban J connectivity index is 2.51. The molecule has 1 nitrogen and oxygen atoms in total. The van der Waals surface area contributed by atoms with Crippen molar-refractivity contribution in [3.05, 3.63) is 35.5 Å². The van der Waals surface area contributed by atoms with Gasteiger partial charge in [0.25, 0.3) is 0 Å². The van der Waals surface area contributed by atoms with Crippen LogP contribution in [0, 0.1) is 11.8 Å². The van der Waals surface area contributed by atoms with Gasteiger partial charge in [0, 0.05) is 22.1 Å². The number of fused-ring (bicyclic) bond motifs is 1. The molecule has 0 unspecified atom stereocenters. The average molecular weight is 204 g/mol. The van der Waals surface area contributed by atoms with Crippen molar-refractivity contribution in [1.82, 2.24) is 4.57 Å². The predicted molar refractivity (Wildman–Crippen MR) is 60.4 cm³/mol. The number of benzene rings is 1. The minimum Gasteiger partial charge on any atom is -0.336 e. The van der Waals surface area contributed by atoms with Crippen LogP contribution in [0.3, 0.4) is 0 Å². The molecule has 0 spiro atoms. The summed E-state index contributed by atoms with van der Waals surface area (Å²) >= 11 is 5.90. The highest BCUT2D eigenvalue weighted by molar-refractivity contribution is 6.31. The monoisotopic (exact) mass is 203 g/mol. The molecule has 1 heterocycles. The zero-order valence-corrected chi connectivity index (χ0v) is 8.67. The molecule has 2 heteroatoms. The van der Waals surface area contributed by atoms with E-state index in [9.17, 15) is 0 Å². The molecule has 14 heavy (non-hydrogen) atoms. The van der Waals surface area contributed by atoms with E-state index < -0.39 is 0 Å². The number of nitrogens with zero attached hydrogens (tertiary/aromatic N) is 1. The lowest BCUT2D eigenvalue weighted by Crippen LogP contribution is -1.91. The summed E-state index contributed by atoms with van der Waals surface area (Å²) in [5, 5.41) is 1.94. The first-order valence-electron chi connectivity index (χ1n) is 4.45. The van der Waals surface area contributed by atoms with Gasteiger partial charge in [-0.05, 0) is 31.2 Å². The summed E-state index contributed by atoms with van der Waals surface area (Å²) in [4.78, 5) is 0. The van der Waals surface area contributed by atoms with E-state index in [-0.39, 0.29) is 0 Å². The quantitative estimate of drug-likeness (QED) is 0.627. The van der Waals surface area contributed by atoms with Crippen molar-refractivity contribution in [1.29, 1.82) is 0 Å². The average Bonchev–Trinajstić information content (AvgIpc) is 2.57. The molecule has 2 rings (SSSR count). The minimum absolute atomic E-state index is 0.738. The van der Waals surface area contributed by atoms with Gasteiger partial charge in [-0.3, -0.25) is 0 Å². The van der Waals surface area contributed by atoms with Gasteiger partial charge in [0.2, 0.25) is 0 Å². The lowest BCUT2D eigenvalue weighted by atomic mass is 10.2. The van der Waals surface area contributed by atoms with Gasteiger partial charge in [0.1, 0.15) is 0 Å². The maximum Gasteiger partial charge on any atom is 0.0837 e. The molecule has 0 fully saturated rings. The zero-order valence-electron chi connectivity index (χ0n) is 7.92. The first kappa shape index (κ1) is 9.18. The molecule has 0 aliphatic carbocycles. The lowest BCUT2D eigenvalue weighted by Gasteiger charge is -1.99. The van der Waals surface area contributed by atoms with Gasteiger partial charge in [-0.2, -0.15) is 0 Å². The molecule has 1 aromatic carbocycles. The first-order valence-corrected chi connectivity index (χ1v) is 4.83. The highest BCUT2D eigenvalue weighted by atomic mass is 35.5. The van der Waals surface area contributed by atoms with Crippen LogP contribution in [0.1, 0.15) is 6.92 Å². The van der Waals surface area contributed by atoms with E-state index in [2.05, 4.69) is 22.5 Å². The van der Waals surface area contributed by atoms with E-state index in [1.165, 1.54) is 5.52 Å². The summed E-state index contributed by atoms with van der Waals surface area (Å²) in [5.74, 6) is 5.92. The Morgan fingerprint density at radius 2 is 2.21 bits per heavy atom. The first-order chi connectivity index (χ1) is 6.81. The molecule has 0 aliphatic heterocycles. The Hall–Kier alpha value is -1.39. The van der Waals surface area contributed by atoms with Crippen LogP contribution >= 0.6 is 11.6 Å². The normalized spacial score (nSPS) is 9.86. The van der Waals surface area contributed by atoms with E-state index >= 15 is 0 Å². The van der Waals surface area contributed by atoms with Crippen molar-refractivity contribution in [3.63, 3.8) is 0 Å². The molecule has 0 amide bonds. The van der Waals surface area contributed by atoms with E-state index in [1.54, 1.807) is 0 Å². The molecule has 1 aromatic heterocycles. The Labute approximate surface area is 88.3 Å². The topological polar surface area (TPSA) is 4.93 Å². The third-order valence-corrected chi connectivity index (χ3v) is 2.39. The molecule has 0 saturated heterocycles. The van der Waals surface area contributed by atoms with Crippen LogP contribution in [0.4, 0.5) is 0 Å². The molecular formula is C12H10ClN. The van der Waals surface area contributed by atoms with Gasteiger partial charge in [-0.25, -0.2) is 0 Å². The maximum atomic E-state index is 5.90. The fourth-order valence-corrected chi connectivity index (χ4v) is 1.65. The Morgan fingerprint density at radius 1 is 1.36 bits per heavy atom. The van der Waals surface area contributed by atoms with Crippen molar-refractivity contribution in [2.45, 2.75) is 13.5 Å². The summed E-state index contributed by atoms with van der Waals surface area (Å²) in [7, 11) is 0. The zero-order chi connectivity index (χ0) is 9.97. The fourth-order valence-electron chi connectivity index (χ4n) is 1.47. The Bertz CT molecular complexity index is 514. The molecule has 0 saturated carbocycles. The largest absolute Gasteiger partial charge is 0.336 e. The number of halogens is 1. The molecule has 0 aliphatic rings. The smallest absolute Gasteiger partial charge is 0.0837 e. The summed E-state index contributed by atoms with van der Waals surface area (Å²) in [6.45, 7) is 2.59. The third-order valence-electron chi connectivity index (χ3n) is 2.16. The second kappa shape index (κ2) is 3.77. The molecule has 0 atom stereocenters. The summed E-state index contributed by atoms with van der Waals surface area (Å²) in [6.07, 6.45) is 2.03. The highest BCUT2D eigenvalue weighted by Gasteiger charge is 1.99. The van der Waals surface area contributed by atoms with Gasteiger partial charge >= 0.3 is 0 Å². The van der Waals surface area contributed by atoms with Gasteiger partial charge in [-0.15, -0.1) is 5.92 Å². The second-order valence-electron chi connectivity index (χ2n) is 3.07. The summed E-state index contributed by atoms with van der Waals surface area (Å²) < 4.78 is 2.11. The number of rotatable bonds is 1. The minimum atomic E-state index is 0.738. The van der Waals surface area contributed by atoms with Crippen molar-refractivity contribution >= 4 is 22.5 Å². The van der Waals surface area contributed by atoms with Crippen LogP contribution in [0.25, 0.3) is 10.9 Å². The van der Waals surface area contributed by atoms with Crippen molar-refractivity contribution in [2.24, 2.45) is 0 Å². The van der Waals surface area contributed by atoms with Gasteiger partial charge < -0.3 is 4.57 Å². The van der Waals surface area contributed by atoms with Crippen molar-refractivity contribution in [2.75, 3.05) is 0 Å². The predicted octanol–water partition coefficient (Wildman–Crippen LogP) is 3.32. The van der Waals surface area contributed by atoms with E-state index in [4.69, 9.17) is 11.6 Å². The number of hydrogen-bond donors (Lipinski definition) is 0. The summed E-state index contributed by atoms with van der Waals surface area (Å²) in [6, 6.07) is 7.94. The highest BCUT2D eigenvalue weighted by Crippen LogP contribution is 2.20. The van der Waals surface area contributed by atoms with Gasteiger partial charge in [-0.1, -0.05) is 17.5 Å². The van der Waals surface area contributed by atoms with Gasteiger partial charge in [0.05, 0.1) is 6.54 Å². The third kappa shape index (κ3) is 1.62. The van der Waals surface area contributed by atoms with Crippen LogP contribution in [-0.4, -0.2) is 4.57 Å². The van der Waals surface area contributed by atoms with Crippen molar-refractivity contribution < 1.29 is 0 Å². The molecular weight excluding hydrogens is 194 g/mol. The van der Waals surface area contributed by atoms with Crippen molar-refractivity contribution in [3.8, 4) is 11.8 Å². The molecule has 70 valence electrons. The molecule has 0 N–H and O–H groups in total. The molecule has 2 aromatic rings. The lowest BCUT2D eigenvalue weighted by molar-refractivity contribution is 0.885. The fraction of sp³-hybridized carbons (Fsp3) is 0.167. The molecule has 0 radical (unpaired) electrons. The maximum absolute atomic E-state index is 5.90. The van der Waals surface area contributed by atoms with Crippen LogP contribution in [-0.2, 0) is 6.54 Å². The Morgan fingerprint density at radius 3 is 3.00 bits per heavy atom. The Kier molecular flexibility index (Phi) is 2.47. The summed E-state index contributed by atoms with van der Waals surface area (Å²) in [5.41, 5.74) is 1.18. The standard InChI is InChI=1S/C12H10ClN/c1-2-3-7-14-8-6-10-9-11(13)4-5-12(10)14/h4-6,8-9H,7H2,1H3. The van der Waals surface area contributed by atoms with Crippen LogP contribution in [0.2, 0.25) is 5.02 Å². The molecule has 0 bridgehead atoms. The SMILES string of the molecule is CC#CCn1ccc2cc(Cl)ccc21. The van der Waals surface area contributed by atoms with E-state index in [0.717, 1.165) is 17.0 Å².